The molecule has 0 bridgehead atoms. The molecule has 0 aliphatic carbocycles. The molecule has 0 aliphatic rings. The zero-order valence-corrected chi connectivity index (χ0v) is 11.7. The average molecular weight is 280 g/mol. The minimum atomic E-state index is 0.472. The Kier molecular flexibility index (Phi) is 5.45. The van der Waals surface area contributed by atoms with Crippen molar-refractivity contribution >= 4 is 11.6 Å². The molecule has 102 valence electrons. The largest absolute Gasteiger partial charge is 0.467 e. The Labute approximate surface area is 118 Å². The molecule has 1 N–H and O–H groups in total. The normalized spacial score (nSPS) is 10.8. The molecule has 1 aromatic carbocycles. The van der Waals surface area contributed by atoms with E-state index in [1.807, 2.05) is 30.3 Å². The average Bonchev–Trinajstić information content (AvgIpc) is 2.84. The van der Waals surface area contributed by atoms with Crippen LogP contribution in [0.15, 0.2) is 41.0 Å². The van der Waals surface area contributed by atoms with E-state index < -0.39 is 0 Å². The summed E-state index contributed by atoms with van der Waals surface area (Å²) in [4.78, 5) is 0. The van der Waals surface area contributed by atoms with Crippen molar-refractivity contribution in [2.24, 2.45) is 0 Å². The predicted molar refractivity (Wildman–Crippen MR) is 76.0 cm³/mol. The summed E-state index contributed by atoms with van der Waals surface area (Å²) in [7, 11) is 0. The Morgan fingerprint density at radius 1 is 1.26 bits per heavy atom. The Hall–Kier alpha value is -1.29. The quantitative estimate of drug-likeness (QED) is 0.838. The lowest BCUT2D eigenvalue weighted by Crippen LogP contribution is -2.12. The highest BCUT2D eigenvalue weighted by atomic mass is 35.5. The van der Waals surface area contributed by atoms with E-state index in [1.165, 1.54) is 0 Å². The van der Waals surface area contributed by atoms with E-state index in [0.29, 0.717) is 13.2 Å². The van der Waals surface area contributed by atoms with Gasteiger partial charge in [0.1, 0.15) is 12.4 Å². The molecule has 4 heteroatoms. The smallest absolute Gasteiger partial charge is 0.133 e. The first-order valence-electron chi connectivity index (χ1n) is 6.37. The van der Waals surface area contributed by atoms with Crippen LogP contribution in [-0.2, 0) is 24.5 Å². The summed E-state index contributed by atoms with van der Waals surface area (Å²) in [6.07, 6.45) is 1.70. The Morgan fingerprint density at radius 2 is 2.16 bits per heavy atom. The third-order valence-electron chi connectivity index (χ3n) is 2.79. The van der Waals surface area contributed by atoms with Crippen molar-refractivity contribution in [1.29, 1.82) is 0 Å². The second-order valence-corrected chi connectivity index (χ2v) is 4.71. The molecule has 1 heterocycles. The zero-order valence-electron chi connectivity index (χ0n) is 11.0. The van der Waals surface area contributed by atoms with E-state index in [-0.39, 0.29) is 0 Å². The molecule has 0 saturated carbocycles. The van der Waals surface area contributed by atoms with Crippen molar-refractivity contribution < 1.29 is 9.15 Å². The summed E-state index contributed by atoms with van der Waals surface area (Å²) in [5.74, 6) is 0.878. The van der Waals surface area contributed by atoms with Gasteiger partial charge in [0.25, 0.3) is 0 Å². The molecule has 19 heavy (non-hydrogen) atoms. The van der Waals surface area contributed by atoms with Gasteiger partial charge in [-0.2, -0.15) is 0 Å². The van der Waals surface area contributed by atoms with E-state index in [2.05, 4.69) is 12.2 Å². The maximum Gasteiger partial charge on any atom is 0.133 e. The van der Waals surface area contributed by atoms with Gasteiger partial charge in [0.2, 0.25) is 0 Å². The fourth-order valence-electron chi connectivity index (χ4n) is 1.80. The van der Waals surface area contributed by atoms with Gasteiger partial charge < -0.3 is 14.5 Å². The SMILES string of the molecule is CCNCc1ccoc1COCc1cccc(Cl)c1. The number of rotatable bonds is 7. The third kappa shape index (κ3) is 4.39. The second kappa shape index (κ2) is 7.34. The molecule has 0 amide bonds. The van der Waals surface area contributed by atoms with Gasteiger partial charge in [0.15, 0.2) is 0 Å². The van der Waals surface area contributed by atoms with Crippen molar-refractivity contribution in [3.63, 3.8) is 0 Å². The van der Waals surface area contributed by atoms with Gasteiger partial charge in [-0.15, -0.1) is 0 Å². The van der Waals surface area contributed by atoms with Crippen LogP contribution in [0.1, 0.15) is 23.8 Å². The minimum absolute atomic E-state index is 0.472. The molecule has 0 spiro atoms. The summed E-state index contributed by atoms with van der Waals surface area (Å²) in [5, 5.41) is 4.00. The third-order valence-corrected chi connectivity index (χ3v) is 3.03. The van der Waals surface area contributed by atoms with Gasteiger partial charge in [-0.3, -0.25) is 0 Å². The van der Waals surface area contributed by atoms with E-state index in [1.54, 1.807) is 6.26 Å². The highest BCUT2D eigenvalue weighted by molar-refractivity contribution is 6.30. The number of ether oxygens (including phenoxy) is 1. The number of halogens is 1. The van der Waals surface area contributed by atoms with Crippen LogP contribution in [0.3, 0.4) is 0 Å². The van der Waals surface area contributed by atoms with Crippen molar-refractivity contribution in [2.75, 3.05) is 6.54 Å². The Balaban J connectivity index is 1.84. The maximum atomic E-state index is 5.92. The fraction of sp³-hybridized carbons (Fsp3) is 0.333. The van der Waals surface area contributed by atoms with Crippen molar-refractivity contribution in [3.05, 3.63) is 58.5 Å². The van der Waals surface area contributed by atoms with Crippen molar-refractivity contribution in [1.82, 2.24) is 5.32 Å². The maximum absolute atomic E-state index is 5.92. The number of hydrogen-bond acceptors (Lipinski definition) is 3. The molecule has 3 nitrogen and oxygen atoms in total. The Morgan fingerprint density at radius 3 is 2.95 bits per heavy atom. The van der Waals surface area contributed by atoms with Gasteiger partial charge in [-0.25, -0.2) is 0 Å². The van der Waals surface area contributed by atoms with Crippen LogP contribution in [0.25, 0.3) is 0 Å². The van der Waals surface area contributed by atoms with Crippen LogP contribution >= 0.6 is 11.6 Å². The first-order valence-corrected chi connectivity index (χ1v) is 6.75. The first-order chi connectivity index (χ1) is 9.29. The van der Waals surface area contributed by atoms with E-state index in [9.17, 15) is 0 Å². The summed E-state index contributed by atoms with van der Waals surface area (Å²) in [6, 6.07) is 9.65. The molecule has 0 fully saturated rings. The number of nitrogens with one attached hydrogen (secondary N) is 1. The minimum Gasteiger partial charge on any atom is -0.467 e. The predicted octanol–water partition coefficient (Wildman–Crippen LogP) is 3.76. The molecule has 0 radical (unpaired) electrons. The topological polar surface area (TPSA) is 34.4 Å². The molecule has 0 aliphatic heterocycles. The molecule has 2 rings (SSSR count). The lowest BCUT2D eigenvalue weighted by Gasteiger charge is -2.05. The highest BCUT2D eigenvalue weighted by Gasteiger charge is 2.06. The van der Waals surface area contributed by atoms with Gasteiger partial charge >= 0.3 is 0 Å². The molecule has 0 atom stereocenters. The molecule has 1 aromatic heterocycles. The van der Waals surface area contributed by atoms with Crippen LogP contribution < -0.4 is 5.32 Å². The molecular formula is C15H18ClNO2. The van der Waals surface area contributed by atoms with E-state index >= 15 is 0 Å². The molecule has 2 aromatic rings. The van der Waals surface area contributed by atoms with Gasteiger partial charge in [-0.1, -0.05) is 30.7 Å². The van der Waals surface area contributed by atoms with Crippen LogP contribution in [0.4, 0.5) is 0 Å². The van der Waals surface area contributed by atoms with Crippen LogP contribution in [0.5, 0.6) is 0 Å². The van der Waals surface area contributed by atoms with Crippen molar-refractivity contribution in [2.45, 2.75) is 26.7 Å². The van der Waals surface area contributed by atoms with Crippen LogP contribution in [-0.4, -0.2) is 6.54 Å². The highest BCUT2D eigenvalue weighted by Crippen LogP contribution is 2.15. The zero-order chi connectivity index (χ0) is 13.5. The first kappa shape index (κ1) is 14.1. The fourth-order valence-corrected chi connectivity index (χ4v) is 2.01. The van der Waals surface area contributed by atoms with Crippen molar-refractivity contribution in [3.8, 4) is 0 Å². The number of hydrogen-bond donors (Lipinski definition) is 1. The summed E-state index contributed by atoms with van der Waals surface area (Å²) in [5.41, 5.74) is 2.21. The molecule has 0 saturated heterocycles. The summed E-state index contributed by atoms with van der Waals surface area (Å²) in [6.45, 7) is 4.83. The molecule has 0 unspecified atom stereocenters. The number of benzene rings is 1. The molecular weight excluding hydrogens is 262 g/mol. The Bertz CT molecular complexity index is 510. The second-order valence-electron chi connectivity index (χ2n) is 4.27. The van der Waals surface area contributed by atoms with Crippen LogP contribution in [0.2, 0.25) is 5.02 Å². The summed E-state index contributed by atoms with van der Waals surface area (Å²) >= 11 is 5.92. The lowest BCUT2D eigenvalue weighted by molar-refractivity contribution is 0.0921. The van der Waals surface area contributed by atoms with E-state index in [4.69, 9.17) is 20.8 Å². The monoisotopic (exact) mass is 279 g/mol. The van der Waals surface area contributed by atoms with Gasteiger partial charge in [0, 0.05) is 17.1 Å². The summed E-state index contributed by atoms with van der Waals surface area (Å²) < 4.78 is 11.1. The standard InChI is InChI=1S/C15H18ClNO2/c1-2-17-9-13-6-7-19-15(13)11-18-10-12-4-3-5-14(16)8-12/h3-8,17H,2,9-11H2,1H3. The van der Waals surface area contributed by atoms with E-state index in [0.717, 1.165) is 35.0 Å². The number of furan rings is 1. The van der Waals surface area contributed by atoms with Gasteiger partial charge in [-0.05, 0) is 30.3 Å². The van der Waals surface area contributed by atoms with Gasteiger partial charge in [0.05, 0.1) is 12.9 Å². The lowest BCUT2D eigenvalue weighted by atomic mass is 10.2. The van der Waals surface area contributed by atoms with Crippen LogP contribution in [0, 0.1) is 0 Å².